The van der Waals surface area contributed by atoms with Crippen molar-refractivity contribution < 1.29 is 44.2 Å². The minimum absolute atomic E-state index is 0.0385. The van der Waals surface area contributed by atoms with Crippen LogP contribution in [0.15, 0.2) is 35.4 Å². The molecule has 156 valence electrons. The molecule has 28 heavy (non-hydrogen) atoms. The number of aryl methyl sites for hydroxylation is 1. The summed E-state index contributed by atoms with van der Waals surface area (Å²) < 4.78 is 111. The maximum atomic E-state index is 12.6. The van der Waals surface area contributed by atoms with Crippen molar-refractivity contribution in [2.24, 2.45) is 7.05 Å². The molecule has 1 aromatic carbocycles. The summed E-state index contributed by atoms with van der Waals surface area (Å²) in [4.78, 5) is -0.836. The van der Waals surface area contributed by atoms with Gasteiger partial charge in [-0.05, 0) is 12.1 Å². The standard InChI is InChI=1S/C14H13F6N3O4S/c1-23-12(4-5-21-23)22-28(24,25)11-6-9(26-7-13(15,16)17)2-3-10(11)27-8-14(18,19)20/h2-6,22H,7-8H2,1H3. The van der Waals surface area contributed by atoms with Crippen molar-refractivity contribution in [3.63, 3.8) is 0 Å². The second kappa shape index (κ2) is 7.77. The molecule has 0 radical (unpaired) electrons. The van der Waals surface area contributed by atoms with Gasteiger partial charge >= 0.3 is 12.4 Å². The Labute approximate surface area is 154 Å². The average molecular weight is 433 g/mol. The highest BCUT2D eigenvalue weighted by molar-refractivity contribution is 7.92. The van der Waals surface area contributed by atoms with Crippen LogP contribution >= 0.6 is 0 Å². The fraction of sp³-hybridized carbons (Fsp3) is 0.357. The van der Waals surface area contributed by atoms with Gasteiger partial charge in [0.2, 0.25) is 0 Å². The van der Waals surface area contributed by atoms with Crippen LogP contribution in [0.4, 0.5) is 32.2 Å². The van der Waals surface area contributed by atoms with E-state index in [4.69, 9.17) is 0 Å². The van der Waals surface area contributed by atoms with Gasteiger partial charge in [-0.2, -0.15) is 31.4 Å². The van der Waals surface area contributed by atoms with Gasteiger partial charge in [0, 0.05) is 19.2 Å². The lowest BCUT2D eigenvalue weighted by Gasteiger charge is -2.16. The fourth-order valence-corrected chi connectivity index (χ4v) is 3.15. The molecule has 1 aromatic heterocycles. The van der Waals surface area contributed by atoms with Crippen LogP contribution in [0.5, 0.6) is 11.5 Å². The molecule has 0 bridgehead atoms. The maximum Gasteiger partial charge on any atom is 0.422 e. The Kier molecular flexibility index (Phi) is 6.01. The smallest absolute Gasteiger partial charge is 0.422 e. The molecule has 0 spiro atoms. The van der Waals surface area contributed by atoms with Gasteiger partial charge in [0.05, 0.1) is 6.20 Å². The summed E-state index contributed by atoms with van der Waals surface area (Å²) in [5.74, 6) is -1.28. The highest BCUT2D eigenvalue weighted by Gasteiger charge is 2.31. The van der Waals surface area contributed by atoms with Gasteiger partial charge in [0.15, 0.2) is 13.2 Å². The topological polar surface area (TPSA) is 82.5 Å². The monoisotopic (exact) mass is 433 g/mol. The number of halogens is 6. The molecule has 0 aliphatic heterocycles. The first kappa shape index (κ1) is 21.7. The Hall–Kier alpha value is -2.64. The molecule has 0 aliphatic rings. The third-order valence-corrected chi connectivity index (χ3v) is 4.43. The zero-order chi connectivity index (χ0) is 21.2. The van der Waals surface area contributed by atoms with Gasteiger partial charge in [0.25, 0.3) is 10.0 Å². The van der Waals surface area contributed by atoms with Gasteiger partial charge in [-0.25, -0.2) is 8.42 Å². The Morgan fingerprint density at radius 3 is 2.18 bits per heavy atom. The van der Waals surface area contributed by atoms with Crippen molar-refractivity contribution in [1.82, 2.24) is 9.78 Å². The molecule has 14 heteroatoms. The third kappa shape index (κ3) is 6.21. The molecule has 2 rings (SSSR count). The highest BCUT2D eigenvalue weighted by Crippen LogP contribution is 2.32. The van der Waals surface area contributed by atoms with Crippen molar-refractivity contribution in [2.75, 3.05) is 17.9 Å². The summed E-state index contributed by atoms with van der Waals surface area (Å²) in [5, 5.41) is 3.72. The first-order valence-electron chi connectivity index (χ1n) is 7.31. The lowest BCUT2D eigenvalue weighted by Crippen LogP contribution is -2.22. The van der Waals surface area contributed by atoms with Gasteiger partial charge < -0.3 is 9.47 Å². The Morgan fingerprint density at radius 2 is 1.64 bits per heavy atom. The number of aromatic nitrogens is 2. The van der Waals surface area contributed by atoms with E-state index in [2.05, 4.69) is 19.3 Å². The van der Waals surface area contributed by atoms with Crippen LogP contribution in [0.3, 0.4) is 0 Å². The summed E-state index contributed by atoms with van der Waals surface area (Å²) in [6, 6.07) is 3.53. The molecule has 1 heterocycles. The predicted octanol–water partition coefficient (Wildman–Crippen LogP) is 3.10. The Morgan fingerprint density at radius 1 is 1.04 bits per heavy atom. The normalized spacial score (nSPS) is 12.7. The van der Waals surface area contributed by atoms with Gasteiger partial charge in [0.1, 0.15) is 22.2 Å². The zero-order valence-electron chi connectivity index (χ0n) is 14.0. The SMILES string of the molecule is Cn1nccc1NS(=O)(=O)c1cc(OCC(F)(F)F)ccc1OCC(F)(F)F. The largest absolute Gasteiger partial charge is 0.484 e. The van der Waals surface area contributed by atoms with E-state index in [0.29, 0.717) is 6.07 Å². The molecule has 0 unspecified atom stereocenters. The van der Waals surface area contributed by atoms with Gasteiger partial charge in [-0.15, -0.1) is 0 Å². The second-order valence-corrected chi connectivity index (χ2v) is 7.01. The number of anilines is 1. The highest BCUT2D eigenvalue weighted by atomic mass is 32.2. The molecular formula is C14H13F6N3O4S. The zero-order valence-corrected chi connectivity index (χ0v) is 14.8. The Bertz CT molecular complexity index is 924. The number of alkyl halides is 6. The van der Waals surface area contributed by atoms with Crippen LogP contribution in [-0.4, -0.2) is 43.8 Å². The van der Waals surface area contributed by atoms with E-state index in [1.165, 1.54) is 19.3 Å². The van der Waals surface area contributed by atoms with Crippen LogP contribution in [0.2, 0.25) is 0 Å². The number of benzene rings is 1. The van der Waals surface area contributed by atoms with Crippen LogP contribution in [0, 0.1) is 0 Å². The molecule has 0 atom stereocenters. The van der Waals surface area contributed by atoms with Crippen molar-refractivity contribution in [2.45, 2.75) is 17.2 Å². The Balaban J connectivity index is 2.38. The number of rotatable bonds is 7. The molecule has 0 amide bonds. The summed E-state index contributed by atoms with van der Waals surface area (Å²) in [5.41, 5.74) is 0. The summed E-state index contributed by atoms with van der Waals surface area (Å²) >= 11 is 0. The van der Waals surface area contributed by atoms with E-state index >= 15 is 0 Å². The van der Waals surface area contributed by atoms with Crippen LogP contribution in [0.25, 0.3) is 0 Å². The second-order valence-electron chi connectivity index (χ2n) is 5.36. The maximum absolute atomic E-state index is 12.6. The number of nitrogens with one attached hydrogen (secondary N) is 1. The predicted molar refractivity (Wildman–Crippen MR) is 83.6 cm³/mol. The minimum atomic E-state index is -4.76. The van der Waals surface area contributed by atoms with Crippen LogP contribution in [-0.2, 0) is 17.1 Å². The van der Waals surface area contributed by atoms with E-state index in [1.807, 2.05) is 0 Å². The molecule has 1 N–H and O–H groups in total. The van der Waals surface area contributed by atoms with Crippen LogP contribution in [0.1, 0.15) is 0 Å². The van der Waals surface area contributed by atoms with Crippen molar-refractivity contribution in [3.05, 3.63) is 30.5 Å². The quantitative estimate of drug-likeness (QED) is 0.679. The first-order chi connectivity index (χ1) is 12.8. The average Bonchev–Trinajstić information content (AvgIpc) is 2.94. The fourth-order valence-electron chi connectivity index (χ4n) is 1.90. The van der Waals surface area contributed by atoms with Crippen LogP contribution < -0.4 is 14.2 Å². The molecule has 0 fully saturated rings. The first-order valence-corrected chi connectivity index (χ1v) is 8.79. The van der Waals surface area contributed by atoms with E-state index in [-0.39, 0.29) is 5.82 Å². The van der Waals surface area contributed by atoms with Crippen molar-refractivity contribution in [1.29, 1.82) is 0 Å². The van der Waals surface area contributed by atoms with Gasteiger partial charge in [-0.3, -0.25) is 9.40 Å². The summed E-state index contributed by atoms with van der Waals surface area (Å²) in [6.45, 7) is -3.52. The molecule has 2 aromatic rings. The van der Waals surface area contributed by atoms with Crippen molar-refractivity contribution >= 4 is 15.8 Å². The summed E-state index contributed by atoms with van der Waals surface area (Å²) in [7, 11) is -3.15. The van der Waals surface area contributed by atoms with E-state index in [0.717, 1.165) is 16.8 Å². The molecular weight excluding hydrogens is 420 g/mol. The lowest BCUT2D eigenvalue weighted by molar-refractivity contribution is -0.154. The van der Waals surface area contributed by atoms with Gasteiger partial charge in [-0.1, -0.05) is 0 Å². The van der Waals surface area contributed by atoms with E-state index in [9.17, 15) is 34.8 Å². The minimum Gasteiger partial charge on any atom is -0.484 e. The number of ether oxygens (including phenoxy) is 2. The number of hydrogen-bond acceptors (Lipinski definition) is 5. The van der Waals surface area contributed by atoms with E-state index in [1.54, 1.807) is 0 Å². The molecule has 7 nitrogen and oxygen atoms in total. The molecule has 0 saturated carbocycles. The molecule has 0 aliphatic carbocycles. The summed E-state index contributed by atoms with van der Waals surface area (Å²) in [6.07, 6.45) is -8.21. The lowest BCUT2D eigenvalue weighted by atomic mass is 10.3. The number of nitrogens with zero attached hydrogens (tertiary/aromatic N) is 2. The van der Waals surface area contributed by atoms with Crippen molar-refractivity contribution in [3.8, 4) is 11.5 Å². The number of hydrogen-bond donors (Lipinski definition) is 1. The molecule has 0 saturated heterocycles. The third-order valence-electron chi connectivity index (χ3n) is 3.06. The number of sulfonamides is 1. The van der Waals surface area contributed by atoms with E-state index < -0.39 is 52.0 Å².